The predicted molar refractivity (Wildman–Crippen MR) is 147 cm³/mol. The van der Waals surface area contributed by atoms with Gasteiger partial charge in [-0.3, -0.25) is 0 Å². The third kappa shape index (κ3) is 6.71. The first-order chi connectivity index (χ1) is 17.2. The minimum atomic E-state index is -0.113. The smallest absolute Gasteiger partial charge is 0.134 e. The van der Waals surface area contributed by atoms with Gasteiger partial charge in [-0.05, 0) is 90.9 Å². The largest absolute Gasteiger partial charge is 0.206 e. The van der Waals surface area contributed by atoms with Crippen LogP contribution >= 0.6 is 0 Å². The van der Waals surface area contributed by atoms with Crippen LogP contribution in [0.25, 0.3) is 10.8 Å². The summed E-state index contributed by atoms with van der Waals surface area (Å²) in [5.74, 6) is 6.36. The van der Waals surface area contributed by atoms with Crippen molar-refractivity contribution in [2.45, 2.75) is 52.4 Å². The molecule has 0 atom stereocenters. The summed E-state index contributed by atoms with van der Waals surface area (Å²) in [7, 11) is 0. The maximum Gasteiger partial charge on any atom is 0.134 e. The Morgan fingerprint density at radius 3 is 2.03 bits per heavy atom. The van der Waals surface area contributed by atoms with Crippen LogP contribution in [0.1, 0.15) is 60.1 Å². The van der Waals surface area contributed by atoms with Crippen molar-refractivity contribution in [3.63, 3.8) is 0 Å². The Kier molecular flexibility index (Phi) is 8.53. The van der Waals surface area contributed by atoms with Crippen LogP contribution in [0.4, 0.5) is 4.39 Å². The molecule has 0 fully saturated rings. The molecule has 4 aromatic rings. The van der Waals surface area contributed by atoms with Crippen LogP contribution < -0.4 is 0 Å². The highest BCUT2D eigenvalue weighted by Gasteiger charge is 2.08. The minimum absolute atomic E-state index is 0.113. The van der Waals surface area contributed by atoms with Gasteiger partial charge < -0.3 is 0 Å². The summed E-state index contributed by atoms with van der Waals surface area (Å²) in [6, 6.07) is 26.9. The number of hydrogen-bond donors (Lipinski definition) is 0. The molecule has 4 aromatic carbocycles. The van der Waals surface area contributed by atoms with Crippen molar-refractivity contribution in [3.05, 3.63) is 130 Å². The van der Waals surface area contributed by atoms with Gasteiger partial charge in [-0.15, -0.1) is 0 Å². The summed E-state index contributed by atoms with van der Waals surface area (Å²) < 4.78 is 15.2. The van der Waals surface area contributed by atoms with E-state index in [0.717, 1.165) is 54.2 Å². The molecule has 0 N–H and O–H groups in total. The molecule has 0 spiro atoms. The molecule has 35 heavy (non-hydrogen) atoms. The van der Waals surface area contributed by atoms with Crippen LogP contribution in [0.2, 0.25) is 0 Å². The van der Waals surface area contributed by atoms with E-state index < -0.39 is 0 Å². The first-order valence-electron chi connectivity index (χ1n) is 12.7. The summed E-state index contributed by atoms with van der Waals surface area (Å²) >= 11 is 0. The van der Waals surface area contributed by atoms with E-state index >= 15 is 4.39 Å². The molecule has 0 nitrogen and oxygen atoms in total. The number of aryl methyl sites for hydroxylation is 4. The van der Waals surface area contributed by atoms with Gasteiger partial charge in [-0.2, -0.15) is 0 Å². The van der Waals surface area contributed by atoms with Gasteiger partial charge in [0.15, 0.2) is 0 Å². The van der Waals surface area contributed by atoms with Gasteiger partial charge in [0.1, 0.15) is 5.82 Å². The van der Waals surface area contributed by atoms with Crippen LogP contribution in [0, 0.1) is 17.7 Å². The molecule has 176 valence electrons. The van der Waals surface area contributed by atoms with E-state index in [1.165, 1.54) is 16.7 Å². The second-order valence-electron chi connectivity index (χ2n) is 9.10. The van der Waals surface area contributed by atoms with Gasteiger partial charge in [0.25, 0.3) is 0 Å². The molecule has 0 aliphatic heterocycles. The van der Waals surface area contributed by atoms with E-state index in [1.54, 1.807) is 0 Å². The van der Waals surface area contributed by atoms with E-state index in [9.17, 15) is 0 Å². The highest BCUT2D eigenvalue weighted by molar-refractivity contribution is 5.85. The van der Waals surface area contributed by atoms with Crippen molar-refractivity contribution in [2.24, 2.45) is 0 Å². The lowest BCUT2D eigenvalue weighted by Gasteiger charge is -2.08. The Balaban J connectivity index is 1.43. The fourth-order valence-electron chi connectivity index (χ4n) is 4.36. The molecule has 0 saturated heterocycles. The molecule has 0 aromatic heterocycles. The predicted octanol–water partition coefficient (Wildman–Crippen LogP) is 8.63. The maximum absolute atomic E-state index is 15.2. The third-order valence-electron chi connectivity index (χ3n) is 6.42. The number of fused-ring (bicyclic) bond motifs is 1. The van der Waals surface area contributed by atoms with E-state index in [-0.39, 0.29) is 5.82 Å². The molecule has 0 amide bonds. The second kappa shape index (κ2) is 12.2. The number of rotatable bonds is 8. The summed E-state index contributed by atoms with van der Waals surface area (Å²) in [5.41, 5.74) is 6.59. The molecule has 0 bridgehead atoms. The van der Waals surface area contributed by atoms with Gasteiger partial charge in [0.2, 0.25) is 0 Å². The van der Waals surface area contributed by atoms with E-state index in [2.05, 4.69) is 79.4 Å². The Labute approximate surface area is 209 Å². The molecule has 0 saturated carbocycles. The van der Waals surface area contributed by atoms with Crippen molar-refractivity contribution in [1.82, 2.24) is 0 Å². The Morgan fingerprint density at radius 1 is 0.686 bits per heavy atom. The quantitative estimate of drug-likeness (QED) is 0.182. The summed E-state index contributed by atoms with van der Waals surface area (Å²) in [6.45, 7) is 4.24. The molecular weight excluding hydrogens is 427 g/mol. The zero-order valence-corrected chi connectivity index (χ0v) is 20.8. The number of allylic oxidation sites excluding steroid dienone is 2. The summed E-state index contributed by atoms with van der Waals surface area (Å²) in [6.07, 6.45) is 10.2. The van der Waals surface area contributed by atoms with Crippen LogP contribution in [-0.2, 0) is 25.7 Å². The lowest BCUT2D eigenvalue weighted by Crippen LogP contribution is -1.96. The Hall–Kier alpha value is -3.63. The zero-order valence-electron chi connectivity index (χ0n) is 20.8. The molecular formula is C34H33F. The topological polar surface area (TPSA) is 0 Å². The van der Waals surface area contributed by atoms with Gasteiger partial charge in [0.05, 0.1) is 0 Å². The molecule has 0 aliphatic rings. The maximum atomic E-state index is 15.2. The molecule has 4 rings (SSSR count). The van der Waals surface area contributed by atoms with Crippen molar-refractivity contribution in [2.75, 3.05) is 0 Å². The highest BCUT2D eigenvalue weighted by Crippen LogP contribution is 2.24. The van der Waals surface area contributed by atoms with Crippen LogP contribution in [0.5, 0.6) is 0 Å². The van der Waals surface area contributed by atoms with Gasteiger partial charge in [-0.1, -0.05) is 91.9 Å². The number of halogens is 1. The second-order valence-corrected chi connectivity index (χ2v) is 9.10. The SMILES string of the molecule is C/C=C/CCc1ccc(C#Cc2ccc3c(F)c(CCc4ccc(CCC)cc4)ccc3c2)cc1. The van der Waals surface area contributed by atoms with Crippen molar-refractivity contribution in [1.29, 1.82) is 0 Å². The van der Waals surface area contributed by atoms with Crippen LogP contribution in [-0.4, -0.2) is 0 Å². The van der Waals surface area contributed by atoms with E-state index in [0.29, 0.717) is 11.8 Å². The molecule has 0 radical (unpaired) electrons. The van der Waals surface area contributed by atoms with Crippen LogP contribution in [0.3, 0.4) is 0 Å². The molecule has 0 heterocycles. The lowest BCUT2D eigenvalue weighted by atomic mass is 9.98. The fourth-order valence-corrected chi connectivity index (χ4v) is 4.36. The molecule has 0 aliphatic carbocycles. The van der Waals surface area contributed by atoms with Crippen molar-refractivity contribution < 1.29 is 4.39 Å². The van der Waals surface area contributed by atoms with Crippen molar-refractivity contribution >= 4 is 10.8 Å². The highest BCUT2D eigenvalue weighted by atomic mass is 19.1. The Bertz CT molecular complexity index is 1350. The molecule has 1 heteroatoms. The van der Waals surface area contributed by atoms with Crippen molar-refractivity contribution in [3.8, 4) is 11.8 Å². The number of benzene rings is 4. The lowest BCUT2D eigenvalue weighted by molar-refractivity contribution is 0.620. The zero-order chi connectivity index (χ0) is 24.5. The minimum Gasteiger partial charge on any atom is -0.206 e. The number of hydrogen-bond acceptors (Lipinski definition) is 0. The van der Waals surface area contributed by atoms with Gasteiger partial charge in [0, 0.05) is 16.5 Å². The van der Waals surface area contributed by atoms with Gasteiger partial charge >= 0.3 is 0 Å². The first kappa shape index (κ1) is 24.5. The first-order valence-corrected chi connectivity index (χ1v) is 12.7. The fraction of sp³-hybridized carbons (Fsp3) is 0.235. The standard InChI is InChI=1S/C34H33F/c1-3-5-6-8-27-11-15-28(16-12-27)17-18-30-20-24-33-32(25-30)23-22-31(34(33)35)21-19-29-13-9-26(7-4-2)10-14-29/h3,5,9-16,20,22-25H,4,6-8,19,21H2,1-2H3/b5-3+. The van der Waals surface area contributed by atoms with E-state index in [4.69, 9.17) is 0 Å². The Morgan fingerprint density at radius 2 is 1.31 bits per heavy atom. The van der Waals surface area contributed by atoms with Gasteiger partial charge in [-0.25, -0.2) is 4.39 Å². The normalized spacial score (nSPS) is 11.1. The summed E-state index contributed by atoms with van der Waals surface area (Å²) in [4.78, 5) is 0. The third-order valence-corrected chi connectivity index (χ3v) is 6.42. The average molecular weight is 461 g/mol. The molecule has 0 unspecified atom stereocenters. The average Bonchev–Trinajstić information content (AvgIpc) is 2.89. The van der Waals surface area contributed by atoms with Crippen LogP contribution in [0.15, 0.2) is 91.0 Å². The monoisotopic (exact) mass is 460 g/mol. The summed E-state index contributed by atoms with van der Waals surface area (Å²) in [5, 5.41) is 1.55. The van der Waals surface area contributed by atoms with E-state index in [1.807, 2.05) is 37.3 Å².